The predicted molar refractivity (Wildman–Crippen MR) is 104 cm³/mol. The molecule has 1 spiro atoms. The molecule has 1 aromatic heterocycles. The zero-order chi connectivity index (χ0) is 18.4. The minimum Gasteiger partial charge on any atom is -0.383 e. The molecule has 0 saturated carbocycles. The highest BCUT2D eigenvalue weighted by Gasteiger charge is 2.60. The maximum atomic E-state index is 13.1. The maximum absolute atomic E-state index is 13.1. The van der Waals surface area contributed by atoms with Gasteiger partial charge in [0.2, 0.25) is 0 Å². The molecular formula is C21H21N5O. The highest BCUT2D eigenvalue weighted by molar-refractivity contribution is 6.01. The second-order valence-corrected chi connectivity index (χ2v) is 7.04. The first-order chi connectivity index (χ1) is 13.2. The van der Waals surface area contributed by atoms with Gasteiger partial charge >= 0.3 is 0 Å². The average molecular weight is 359 g/mol. The quantitative estimate of drug-likeness (QED) is 0.882. The molecule has 0 amide bonds. The van der Waals surface area contributed by atoms with Crippen molar-refractivity contribution in [2.75, 3.05) is 5.01 Å². The summed E-state index contributed by atoms with van der Waals surface area (Å²) >= 11 is 0. The number of hydrogen-bond acceptors (Lipinski definition) is 5. The van der Waals surface area contributed by atoms with Crippen molar-refractivity contribution < 1.29 is 4.79 Å². The van der Waals surface area contributed by atoms with Crippen LogP contribution in [0.15, 0.2) is 78.9 Å². The lowest BCUT2D eigenvalue weighted by molar-refractivity contribution is -0.124. The number of hydrogen-bond donors (Lipinski definition) is 2. The molecule has 27 heavy (non-hydrogen) atoms. The number of aromatic nitrogens is 2. The number of hydrazine groups is 1. The molecule has 6 heteroatoms. The number of ketones is 1. The molecule has 3 atom stereocenters. The van der Waals surface area contributed by atoms with Gasteiger partial charge in [-0.1, -0.05) is 25.1 Å². The molecule has 3 heterocycles. The molecule has 2 aromatic rings. The Morgan fingerprint density at radius 2 is 2.15 bits per heavy atom. The lowest BCUT2D eigenvalue weighted by Gasteiger charge is -2.42. The molecule has 6 nitrogen and oxygen atoms in total. The Bertz CT molecular complexity index is 974. The van der Waals surface area contributed by atoms with Crippen LogP contribution in [-0.2, 0) is 4.79 Å². The Morgan fingerprint density at radius 1 is 1.26 bits per heavy atom. The second kappa shape index (κ2) is 5.96. The lowest BCUT2D eigenvalue weighted by Crippen LogP contribution is -2.57. The molecule has 136 valence electrons. The van der Waals surface area contributed by atoms with Gasteiger partial charge in [-0.15, -0.1) is 0 Å². The third kappa shape index (κ3) is 2.16. The van der Waals surface area contributed by atoms with E-state index in [1.54, 1.807) is 18.5 Å². The van der Waals surface area contributed by atoms with Gasteiger partial charge in [0.15, 0.2) is 5.78 Å². The second-order valence-electron chi connectivity index (χ2n) is 7.04. The number of carbonyl (C=O) groups excluding carboxylic acids is 1. The smallest absolute Gasteiger partial charge is 0.173 e. The first-order valence-electron chi connectivity index (χ1n) is 9.27. The summed E-state index contributed by atoms with van der Waals surface area (Å²) in [6, 6.07) is 10.0. The molecule has 3 unspecified atom stereocenters. The normalized spacial score (nSPS) is 28.6. The van der Waals surface area contributed by atoms with Gasteiger partial charge in [0.1, 0.15) is 5.41 Å². The Kier molecular flexibility index (Phi) is 3.55. The molecule has 0 radical (unpaired) electrons. The van der Waals surface area contributed by atoms with Crippen molar-refractivity contribution in [3.05, 3.63) is 78.9 Å². The molecule has 1 saturated heterocycles. The van der Waals surface area contributed by atoms with E-state index in [0.29, 0.717) is 0 Å². The van der Waals surface area contributed by atoms with Crippen LogP contribution in [0.4, 0.5) is 5.69 Å². The minimum absolute atomic E-state index is 0.0111. The van der Waals surface area contributed by atoms with Crippen LogP contribution in [0.5, 0.6) is 0 Å². The van der Waals surface area contributed by atoms with Crippen LogP contribution in [0.25, 0.3) is 5.69 Å². The van der Waals surface area contributed by atoms with Gasteiger partial charge in [-0.2, -0.15) is 5.10 Å². The van der Waals surface area contributed by atoms with E-state index in [0.717, 1.165) is 23.5 Å². The van der Waals surface area contributed by atoms with E-state index in [1.807, 2.05) is 35.2 Å². The summed E-state index contributed by atoms with van der Waals surface area (Å²) in [5.74, 6) is 0.145. The number of rotatable bonds is 3. The zero-order valence-corrected chi connectivity index (χ0v) is 15.0. The largest absolute Gasteiger partial charge is 0.383 e. The van der Waals surface area contributed by atoms with Gasteiger partial charge in [-0.3, -0.25) is 9.80 Å². The molecule has 2 aliphatic heterocycles. The van der Waals surface area contributed by atoms with E-state index in [-0.39, 0.29) is 17.9 Å². The summed E-state index contributed by atoms with van der Waals surface area (Å²) < 4.78 is 1.83. The van der Waals surface area contributed by atoms with Crippen LogP contribution in [-0.4, -0.2) is 27.6 Å². The Balaban J connectivity index is 1.62. The monoisotopic (exact) mass is 359 g/mol. The van der Waals surface area contributed by atoms with E-state index < -0.39 is 5.41 Å². The van der Waals surface area contributed by atoms with E-state index in [2.05, 4.69) is 52.1 Å². The van der Waals surface area contributed by atoms with Gasteiger partial charge in [-0.05, 0) is 42.8 Å². The van der Waals surface area contributed by atoms with Gasteiger partial charge in [-0.25, -0.2) is 10.1 Å². The topological polar surface area (TPSA) is 62.2 Å². The molecule has 1 aliphatic carbocycles. The Morgan fingerprint density at radius 3 is 2.96 bits per heavy atom. The number of nitrogens with zero attached hydrogens (tertiary/aromatic N) is 3. The molecule has 1 fully saturated rings. The van der Waals surface area contributed by atoms with Crippen LogP contribution >= 0.6 is 0 Å². The molecule has 1 aromatic carbocycles. The SMILES string of the molecule is CCC1NN(c2cccc(-n3cccn3)c2)C2=CC=CC3NC=CC(=O)C231. The fourth-order valence-electron chi connectivity index (χ4n) is 4.52. The highest BCUT2D eigenvalue weighted by Crippen LogP contribution is 2.49. The lowest BCUT2D eigenvalue weighted by atomic mass is 9.65. The van der Waals surface area contributed by atoms with Crippen LogP contribution in [0.2, 0.25) is 0 Å². The first-order valence-corrected chi connectivity index (χ1v) is 9.27. The summed E-state index contributed by atoms with van der Waals surface area (Å²) in [5, 5.41) is 9.76. The summed E-state index contributed by atoms with van der Waals surface area (Å²) in [6.45, 7) is 2.12. The van der Waals surface area contributed by atoms with Crippen molar-refractivity contribution in [1.82, 2.24) is 20.5 Å². The summed E-state index contributed by atoms with van der Waals surface area (Å²) in [6.07, 6.45) is 14.1. The molecule has 0 bridgehead atoms. The predicted octanol–water partition coefficient (Wildman–Crippen LogP) is 2.47. The van der Waals surface area contributed by atoms with Crippen molar-refractivity contribution in [3.8, 4) is 5.69 Å². The Hall–Kier alpha value is -3.12. The minimum atomic E-state index is -0.625. The number of anilines is 1. The van der Waals surface area contributed by atoms with Crippen LogP contribution in [0, 0.1) is 5.41 Å². The highest BCUT2D eigenvalue weighted by atomic mass is 16.1. The van der Waals surface area contributed by atoms with E-state index in [9.17, 15) is 4.79 Å². The third-order valence-electron chi connectivity index (χ3n) is 5.73. The summed E-state index contributed by atoms with van der Waals surface area (Å²) in [7, 11) is 0. The number of allylic oxidation sites excluding steroid dienone is 3. The summed E-state index contributed by atoms with van der Waals surface area (Å²) in [4.78, 5) is 13.1. The number of nitrogens with one attached hydrogen (secondary N) is 2. The molecular weight excluding hydrogens is 338 g/mol. The van der Waals surface area contributed by atoms with Crippen molar-refractivity contribution in [1.29, 1.82) is 0 Å². The van der Waals surface area contributed by atoms with E-state index in [4.69, 9.17) is 0 Å². The van der Waals surface area contributed by atoms with Crippen molar-refractivity contribution in [3.63, 3.8) is 0 Å². The van der Waals surface area contributed by atoms with Crippen molar-refractivity contribution in [2.45, 2.75) is 25.4 Å². The van der Waals surface area contributed by atoms with Gasteiger partial charge < -0.3 is 5.32 Å². The van der Waals surface area contributed by atoms with E-state index >= 15 is 0 Å². The number of carbonyl (C=O) groups is 1. The molecule has 2 N–H and O–H groups in total. The van der Waals surface area contributed by atoms with Gasteiger partial charge in [0.25, 0.3) is 0 Å². The fourth-order valence-corrected chi connectivity index (χ4v) is 4.52. The number of benzene rings is 1. The fraction of sp³-hybridized carbons (Fsp3) is 0.238. The van der Waals surface area contributed by atoms with Crippen LogP contribution in [0.1, 0.15) is 13.3 Å². The molecule has 3 aliphatic rings. The van der Waals surface area contributed by atoms with Crippen molar-refractivity contribution >= 4 is 11.5 Å². The standard InChI is InChI=1S/C21H21N5O/c1-2-17-21-18(22-12-10-20(21)27)8-4-9-19(21)26(24-17)16-7-3-6-15(14-16)25-13-5-11-23-25/h3-14,17-18,22,24H,2H2,1H3. The van der Waals surface area contributed by atoms with E-state index in [1.165, 1.54) is 0 Å². The third-order valence-corrected chi connectivity index (χ3v) is 5.73. The van der Waals surface area contributed by atoms with Crippen LogP contribution < -0.4 is 15.8 Å². The van der Waals surface area contributed by atoms with Gasteiger partial charge in [0.05, 0.1) is 23.1 Å². The van der Waals surface area contributed by atoms with Crippen molar-refractivity contribution in [2.24, 2.45) is 5.41 Å². The maximum Gasteiger partial charge on any atom is 0.173 e. The van der Waals surface area contributed by atoms with Crippen LogP contribution in [0.3, 0.4) is 0 Å². The van der Waals surface area contributed by atoms with Gasteiger partial charge in [0, 0.05) is 24.6 Å². The average Bonchev–Trinajstić information content (AvgIpc) is 3.35. The Labute approximate surface area is 157 Å². The zero-order valence-electron chi connectivity index (χ0n) is 15.0. The first kappa shape index (κ1) is 16.1. The molecule has 5 rings (SSSR count). The summed E-state index contributed by atoms with van der Waals surface area (Å²) in [5.41, 5.74) is 5.92.